The molecule has 6 unspecified atom stereocenters. The highest BCUT2D eigenvalue weighted by atomic mass is 16.3. The van der Waals surface area contributed by atoms with Crippen molar-refractivity contribution in [3.8, 4) is 17.2 Å². The zero-order valence-corrected chi connectivity index (χ0v) is 46.5. The van der Waals surface area contributed by atoms with E-state index in [1.807, 2.05) is 18.2 Å². The highest BCUT2D eigenvalue weighted by Crippen LogP contribution is 2.49. The van der Waals surface area contributed by atoms with Crippen molar-refractivity contribution in [1.29, 1.82) is 0 Å². The highest BCUT2D eigenvalue weighted by molar-refractivity contribution is 5.60. The Hall–Kier alpha value is -3.72. The van der Waals surface area contributed by atoms with E-state index in [9.17, 15) is 15.3 Å². The van der Waals surface area contributed by atoms with Crippen LogP contribution in [-0.4, -0.2) is 15.3 Å². The molecule has 0 bridgehead atoms. The van der Waals surface area contributed by atoms with Crippen molar-refractivity contribution in [2.45, 2.75) is 255 Å². The monoisotopic (exact) mass is 943 g/mol. The molecule has 0 aliphatic heterocycles. The van der Waals surface area contributed by atoms with E-state index in [1.54, 1.807) is 0 Å². The second-order valence-electron chi connectivity index (χ2n) is 22.2. The Morgan fingerprint density at radius 1 is 0.333 bits per heavy atom. The molecule has 3 N–H and O–H groups in total. The average molecular weight is 944 g/mol. The fraction of sp³-hybridized carbons (Fsp3) is 0.636. The molecule has 0 aliphatic carbocycles. The number of hydrogen-bond acceptors (Lipinski definition) is 3. The normalized spacial score (nSPS) is 14.4. The maximum atomic E-state index is 11.3. The molecule has 0 amide bonds. The molecule has 0 heterocycles. The summed E-state index contributed by atoms with van der Waals surface area (Å²) in [5, 5.41) is 34.0. The van der Waals surface area contributed by atoms with Crippen LogP contribution >= 0.6 is 0 Å². The van der Waals surface area contributed by atoms with Crippen molar-refractivity contribution < 1.29 is 15.3 Å². The molecule has 0 aromatic heterocycles. The van der Waals surface area contributed by atoms with Gasteiger partial charge in [-0.05, 0) is 201 Å². The first-order valence-corrected chi connectivity index (χ1v) is 28.8. The molecular weight excluding hydrogens is 841 g/mol. The standard InChI is InChI=1S/C66H102O3/c1-13-19-25-46(7)31-37-58(52-34-40-61(67)55(43-52)28-22-16-4)64-49(10)65(59(38-32-47(8)26-20-14-2)53-35-41-62(68)56(44-53)29-23-17-5)51(12)66(50(64)11)60(39-33-48(9)27-21-15-3)54-36-42-63(69)57(45-54)30-24-18-6/h34-36,40-48,58-60,67-69H,13-33,37-39H2,1-12H3. The minimum absolute atomic E-state index is 0.168. The van der Waals surface area contributed by atoms with Gasteiger partial charge in [-0.2, -0.15) is 0 Å². The largest absolute Gasteiger partial charge is 0.508 e. The van der Waals surface area contributed by atoms with E-state index in [4.69, 9.17) is 0 Å². The van der Waals surface area contributed by atoms with Crippen LogP contribution in [0.4, 0.5) is 0 Å². The molecule has 69 heavy (non-hydrogen) atoms. The quantitative estimate of drug-likeness (QED) is 0.0446. The summed E-state index contributed by atoms with van der Waals surface area (Å²) in [6.07, 6.45) is 27.0. The summed E-state index contributed by atoms with van der Waals surface area (Å²) in [6, 6.07) is 19.9. The second kappa shape index (κ2) is 30.2. The molecule has 0 saturated carbocycles. The molecule has 0 radical (unpaired) electrons. The molecule has 4 rings (SSSR count). The third kappa shape index (κ3) is 16.7. The number of aromatic hydroxyl groups is 3. The molecular formula is C66H102O3. The maximum Gasteiger partial charge on any atom is 0.118 e. The average Bonchev–Trinajstić information content (AvgIpc) is 3.34. The SMILES string of the molecule is CCCCc1cc(C(CCC(C)CCCC)c2c(C)c(C(CCC(C)CCCC)c3ccc(O)c(CCCC)c3)c(C)c(C(CCC(C)CCCC)c3ccc(O)c(CCCC)c3)c2C)ccc1O. The van der Waals surface area contributed by atoms with Gasteiger partial charge in [-0.15, -0.1) is 0 Å². The molecule has 3 nitrogen and oxygen atoms in total. The van der Waals surface area contributed by atoms with E-state index in [-0.39, 0.29) is 17.8 Å². The first kappa shape index (κ1) is 57.9. The fourth-order valence-corrected chi connectivity index (χ4v) is 11.9. The van der Waals surface area contributed by atoms with Gasteiger partial charge >= 0.3 is 0 Å². The molecule has 384 valence electrons. The minimum atomic E-state index is 0.168. The zero-order chi connectivity index (χ0) is 50.5. The van der Waals surface area contributed by atoms with Gasteiger partial charge < -0.3 is 15.3 Å². The lowest BCUT2D eigenvalue weighted by molar-refractivity contribution is 0.437. The van der Waals surface area contributed by atoms with E-state index in [0.29, 0.717) is 35.0 Å². The first-order chi connectivity index (χ1) is 33.2. The van der Waals surface area contributed by atoms with Crippen molar-refractivity contribution in [2.24, 2.45) is 17.8 Å². The summed E-state index contributed by atoms with van der Waals surface area (Å²) in [5.74, 6) is 3.65. The van der Waals surface area contributed by atoms with Crippen LogP contribution in [0.25, 0.3) is 0 Å². The van der Waals surface area contributed by atoms with Crippen molar-refractivity contribution in [2.75, 3.05) is 0 Å². The van der Waals surface area contributed by atoms with E-state index < -0.39 is 0 Å². The first-order valence-electron chi connectivity index (χ1n) is 28.8. The van der Waals surface area contributed by atoms with Gasteiger partial charge in [-0.25, -0.2) is 0 Å². The smallest absolute Gasteiger partial charge is 0.118 e. The van der Waals surface area contributed by atoms with Crippen molar-refractivity contribution in [3.05, 3.63) is 121 Å². The lowest BCUT2D eigenvalue weighted by atomic mass is 9.69. The summed E-state index contributed by atoms with van der Waals surface area (Å²) in [6.45, 7) is 28.5. The Labute approximate surface area is 424 Å². The third-order valence-corrected chi connectivity index (χ3v) is 16.4. The summed E-state index contributed by atoms with van der Waals surface area (Å²) in [4.78, 5) is 0. The fourth-order valence-electron chi connectivity index (χ4n) is 11.9. The summed E-state index contributed by atoms with van der Waals surface area (Å²) >= 11 is 0. The third-order valence-electron chi connectivity index (χ3n) is 16.4. The molecule has 0 fully saturated rings. The molecule has 6 atom stereocenters. The number of aryl methyl sites for hydroxylation is 3. The zero-order valence-electron chi connectivity index (χ0n) is 46.5. The van der Waals surface area contributed by atoms with Gasteiger partial charge in [0, 0.05) is 17.8 Å². The minimum Gasteiger partial charge on any atom is -0.508 e. The van der Waals surface area contributed by atoms with E-state index in [2.05, 4.69) is 119 Å². The van der Waals surface area contributed by atoms with E-state index in [0.717, 1.165) is 113 Å². The van der Waals surface area contributed by atoms with Crippen molar-refractivity contribution in [3.63, 3.8) is 0 Å². The molecule has 3 heteroatoms. The summed E-state index contributed by atoms with van der Waals surface area (Å²) in [7, 11) is 0. The number of unbranched alkanes of at least 4 members (excludes halogenated alkanes) is 6. The number of phenols is 3. The Bertz CT molecular complexity index is 1850. The van der Waals surface area contributed by atoms with Gasteiger partial charge in [-0.3, -0.25) is 0 Å². The Balaban J connectivity index is 2.20. The number of phenolic OH excluding ortho intramolecular Hbond substituents is 3. The molecule has 0 spiro atoms. The van der Waals surface area contributed by atoms with Crippen LogP contribution in [0.5, 0.6) is 17.2 Å². The predicted octanol–water partition coefficient (Wildman–Crippen LogP) is 20.0. The summed E-state index contributed by atoms with van der Waals surface area (Å²) < 4.78 is 0. The molecule has 4 aromatic rings. The van der Waals surface area contributed by atoms with Crippen LogP contribution in [0.3, 0.4) is 0 Å². The predicted molar refractivity (Wildman–Crippen MR) is 300 cm³/mol. The van der Waals surface area contributed by atoms with E-state index in [1.165, 1.54) is 108 Å². The molecule has 0 saturated heterocycles. The Kier molecular flexibility index (Phi) is 25.3. The number of benzene rings is 4. The molecule has 0 aliphatic rings. The van der Waals surface area contributed by atoms with Gasteiger partial charge in [0.15, 0.2) is 0 Å². The van der Waals surface area contributed by atoms with Gasteiger partial charge in [0.05, 0.1) is 0 Å². The van der Waals surface area contributed by atoms with Crippen LogP contribution in [0.1, 0.15) is 282 Å². The molecule has 4 aromatic carbocycles. The van der Waals surface area contributed by atoms with Crippen LogP contribution < -0.4 is 0 Å². The van der Waals surface area contributed by atoms with Crippen LogP contribution in [0.2, 0.25) is 0 Å². The van der Waals surface area contributed by atoms with E-state index >= 15 is 0 Å². The van der Waals surface area contributed by atoms with Crippen molar-refractivity contribution in [1.82, 2.24) is 0 Å². The number of rotatable bonds is 33. The highest BCUT2D eigenvalue weighted by Gasteiger charge is 2.33. The Morgan fingerprint density at radius 3 is 0.812 bits per heavy atom. The number of hydrogen-bond donors (Lipinski definition) is 3. The summed E-state index contributed by atoms with van der Waals surface area (Å²) in [5.41, 5.74) is 16.0. The van der Waals surface area contributed by atoms with Gasteiger partial charge in [0.1, 0.15) is 17.2 Å². The van der Waals surface area contributed by atoms with Crippen LogP contribution in [-0.2, 0) is 19.3 Å². The van der Waals surface area contributed by atoms with Gasteiger partial charge in [0.2, 0.25) is 0 Å². The topological polar surface area (TPSA) is 60.7 Å². The Morgan fingerprint density at radius 2 is 0.580 bits per heavy atom. The van der Waals surface area contributed by atoms with Crippen molar-refractivity contribution >= 4 is 0 Å². The lowest BCUT2D eigenvalue weighted by Crippen LogP contribution is -2.19. The van der Waals surface area contributed by atoms with Gasteiger partial charge in [0.25, 0.3) is 0 Å². The maximum absolute atomic E-state index is 11.3. The second-order valence-corrected chi connectivity index (χ2v) is 22.2. The lowest BCUT2D eigenvalue weighted by Gasteiger charge is -2.35. The van der Waals surface area contributed by atoms with Gasteiger partial charge in [-0.1, -0.05) is 176 Å². The van der Waals surface area contributed by atoms with Crippen LogP contribution in [0, 0.1) is 38.5 Å². The van der Waals surface area contributed by atoms with Crippen LogP contribution in [0.15, 0.2) is 54.6 Å².